The number of imidazole rings is 1. The van der Waals surface area contributed by atoms with Crippen molar-refractivity contribution in [2.24, 2.45) is 0 Å². The lowest BCUT2D eigenvalue weighted by Crippen LogP contribution is -1.98. The van der Waals surface area contributed by atoms with Gasteiger partial charge in [-0.15, -0.1) is 0 Å². The quantitative estimate of drug-likeness (QED) is 0.589. The first kappa shape index (κ1) is 12.6. The number of aromatic nitrogens is 2. The van der Waals surface area contributed by atoms with E-state index in [1.165, 1.54) is 21.3 Å². The number of fused-ring (bicyclic) bond motifs is 1. The van der Waals surface area contributed by atoms with Crippen LogP contribution in [0.5, 0.6) is 0 Å². The van der Waals surface area contributed by atoms with E-state index in [9.17, 15) is 10.1 Å². The zero-order valence-electron chi connectivity index (χ0n) is 11.0. The Morgan fingerprint density at radius 1 is 1.35 bits per heavy atom. The largest absolute Gasteiger partial charge is 0.373 e. The smallest absolute Gasteiger partial charge is 0.358 e. The number of thiazole rings is 1. The van der Waals surface area contributed by atoms with Gasteiger partial charge < -0.3 is 15.4 Å². The van der Waals surface area contributed by atoms with Crippen molar-refractivity contribution < 1.29 is 4.92 Å². The fourth-order valence-electron chi connectivity index (χ4n) is 1.99. The third-order valence-electron chi connectivity index (χ3n) is 3.18. The van der Waals surface area contributed by atoms with Crippen LogP contribution in [0.15, 0.2) is 29.8 Å². The normalized spacial score (nSPS) is 10.9. The molecule has 0 aliphatic rings. The van der Waals surface area contributed by atoms with Gasteiger partial charge in [-0.05, 0) is 42.0 Å². The summed E-state index contributed by atoms with van der Waals surface area (Å²) in [5.74, 6) is 0.226. The van der Waals surface area contributed by atoms with Gasteiger partial charge in [-0.3, -0.25) is 0 Å². The molecule has 0 saturated heterocycles. The van der Waals surface area contributed by atoms with E-state index in [1.807, 2.05) is 32.0 Å². The molecular formula is C13H12N4O2S. The monoisotopic (exact) mass is 288 g/mol. The summed E-state index contributed by atoms with van der Waals surface area (Å²) in [5, 5.41) is 16.0. The highest BCUT2D eigenvalue weighted by Crippen LogP contribution is 2.30. The number of benzene rings is 1. The summed E-state index contributed by atoms with van der Waals surface area (Å²) in [5.41, 5.74) is 3.09. The SMILES string of the molecule is Cc1ccc(Nc2nc3sccn3c2[N+](=O)[O-])cc1C. The lowest BCUT2D eigenvalue weighted by Gasteiger charge is -2.06. The zero-order valence-corrected chi connectivity index (χ0v) is 11.8. The van der Waals surface area contributed by atoms with Gasteiger partial charge in [0.05, 0.1) is 0 Å². The minimum Gasteiger partial charge on any atom is -0.358 e. The molecule has 102 valence electrons. The van der Waals surface area contributed by atoms with Crippen LogP contribution in [0.4, 0.5) is 17.3 Å². The van der Waals surface area contributed by atoms with Crippen LogP contribution in [-0.2, 0) is 0 Å². The summed E-state index contributed by atoms with van der Waals surface area (Å²) < 4.78 is 1.48. The molecule has 0 unspecified atom stereocenters. The van der Waals surface area contributed by atoms with Crippen molar-refractivity contribution in [1.82, 2.24) is 9.38 Å². The zero-order chi connectivity index (χ0) is 14.3. The summed E-state index contributed by atoms with van der Waals surface area (Å²) in [6.07, 6.45) is 1.65. The first-order valence-corrected chi connectivity index (χ1v) is 6.88. The number of hydrogen-bond donors (Lipinski definition) is 1. The molecule has 0 spiro atoms. The van der Waals surface area contributed by atoms with Crippen LogP contribution in [0.25, 0.3) is 4.96 Å². The van der Waals surface area contributed by atoms with Gasteiger partial charge in [0.1, 0.15) is 6.20 Å². The third-order valence-corrected chi connectivity index (χ3v) is 3.94. The van der Waals surface area contributed by atoms with Crippen LogP contribution < -0.4 is 5.32 Å². The highest BCUT2D eigenvalue weighted by Gasteiger charge is 2.23. The molecule has 2 aromatic heterocycles. The average Bonchev–Trinajstić information content (AvgIpc) is 2.93. The van der Waals surface area contributed by atoms with Gasteiger partial charge in [0, 0.05) is 11.1 Å². The third kappa shape index (κ3) is 2.01. The number of nitrogens with one attached hydrogen (secondary N) is 1. The molecule has 1 N–H and O–H groups in total. The molecular weight excluding hydrogens is 276 g/mol. The van der Waals surface area contributed by atoms with Crippen molar-refractivity contribution in [1.29, 1.82) is 0 Å². The highest BCUT2D eigenvalue weighted by atomic mass is 32.1. The lowest BCUT2D eigenvalue weighted by molar-refractivity contribution is -0.389. The van der Waals surface area contributed by atoms with E-state index in [0.717, 1.165) is 11.3 Å². The van der Waals surface area contributed by atoms with Crippen molar-refractivity contribution in [2.45, 2.75) is 13.8 Å². The van der Waals surface area contributed by atoms with Crippen LogP contribution in [0.3, 0.4) is 0 Å². The molecule has 3 aromatic rings. The molecule has 0 saturated carbocycles. The number of anilines is 2. The van der Waals surface area contributed by atoms with Crippen molar-refractivity contribution in [3.05, 3.63) is 51.0 Å². The minimum atomic E-state index is -0.421. The van der Waals surface area contributed by atoms with Gasteiger partial charge in [0.25, 0.3) is 4.96 Å². The summed E-state index contributed by atoms with van der Waals surface area (Å²) in [7, 11) is 0. The van der Waals surface area contributed by atoms with Crippen molar-refractivity contribution in [3.8, 4) is 0 Å². The predicted octanol–water partition coefficient (Wildman–Crippen LogP) is 3.66. The number of nitro groups is 1. The fraction of sp³-hybridized carbons (Fsp3) is 0.154. The Morgan fingerprint density at radius 3 is 2.85 bits per heavy atom. The summed E-state index contributed by atoms with van der Waals surface area (Å²) >= 11 is 1.36. The van der Waals surface area contributed by atoms with Crippen LogP contribution in [0.1, 0.15) is 11.1 Å². The molecule has 0 bridgehead atoms. The second-order valence-electron chi connectivity index (χ2n) is 4.52. The second kappa shape index (κ2) is 4.61. The van der Waals surface area contributed by atoms with Crippen LogP contribution >= 0.6 is 11.3 Å². The Hall–Kier alpha value is -2.41. The molecule has 0 atom stereocenters. The van der Waals surface area contributed by atoms with Crippen LogP contribution in [0, 0.1) is 24.0 Å². The fourth-order valence-corrected chi connectivity index (χ4v) is 2.70. The van der Waals surface area contributed by atoms with E-state index in [1.54, 1.807) is 11.6 Å². The van der Waals surface area contributed by atoms with Gasteiger partial charge in [0.15, 0.2) is 0 Å². The Labute approximate surface area is 118 Å². The number of aryl methyl sites for hydroxylation is 2. The molecule has 7 heteroatoms. The molecule has 2 heterocycles. The Morgan fingerprint density at radius 2 is 2.15 bits per heavy atom. The Kier molecular flexibility index (Phi) is 2.90. The van der Waals surface area contributed by atoms with E-state index >= 15 is 0 Å². The first-order chi connectivity index (χ1) is 9.56. The van der Waals surface area contributed by atoms with Gasteiger partial charge >= 0.3 is 5.82 Å². The topological polar surface area (TPSA) is 72.5 Å². The first-order valence-electron chi connectivity index (χ1n) is 6.00. The molecule has 20 heavy (non-hydrogen) atoms. The van der Waals surface area contributed by atoms with Crippen molar-refractivity contribution in [3.63, 3.8) is 0 Å². The van der Waals surface area contributed by atoms with E-state index in [0.29, 0.717) is 4.96 Å². The maximum Gasteiger partial charge on any atom is 0.373 e. The van der Waals surface area contributed by atoms with E-state index in [4.69, 9.17) is 0 Å². The average molecular weight is 288 g/mol. The molecule has 1 aromatic carbocycles. The maximum atomic E-state index is 11.2. The Balaban J connectivity index is 2.05. The molecule has 0 radical (unpaired) electrons. The van der Waals surface area contributed by atoms with Crippen molar-refractivity contribution >= 4 is 33.6 Å². The van der Waals surface area contributed by atoms with E-state index in [-0.39, 0.29) is 11.6 Å². The maximum absolute atomic E-state index is 11.2. The Bertz CT molecular complexity index is 806. The van der Waals surface area contributed by atoms with E-state index in [2.05, 4.69) is 10.3 Å². The molecule has 0 aliphatic carbocycles. The highest BCUT2D eigenvalue weighted by molar-refractivity contribution is 7.15. The minimum absolute atomic E-state index is 0.0421. The molecule has 3 rings (SSSR count). The predicted molar refractivity (Wildman–Crippen MR) is 78.9 cm³/mol. The summed E-state index contributed by atoms with van der Waals surface area (Å²) in [6, 6.07) is 5.81. The van der Waals surface area contributed by atoms with Gasteiger partial charge in [0.2, 0.25) is 5.82 Å². The van der Waals surface area contributed by atoms with Gasteiger partial charge in [-0.1, -0.05) is 17.4 Å². The standard InChI is InChI=1S/C13H12N4O2S/c1-8-3-4-10(7-9(8)2)14-11-12(17(18)19)16-5-6-20-13(16)15-11/h3-7,14H,1-2H3. The van der Waals surface area contributed by atoms with Crippen LogP contribution in [0.2, 0.25) is 0 Å². The molecule has 0 amide bonds. The van der Waals surface area contributed by atoms with E-state index < -0.39 is 4.92 Å². The number of nitrogens with zero attached hydrogens (tertiary/aromatic N) is 3. The number of rotatable bonds is 3. The van der Waals surface area contributed by atoms with Crippen LogP contribution in [-0.4, -0.2) is 14.3 Å². The van der Waals surface area contributed by atoms with Gasteiger partial charge in [-0.2, -0.15) is 9.38 Å². The number of hydrogen-bond acceptors (Lipinski definition) is 5. The summed E-state index contributed by atoms with van der Waals surface area (Å²) in [6.45, 7) is 4.02. The second-order valence-corrected chi connectivity index (χ2v) is 5.39. The molecule has 0 fully saturated rings. The molecule has 0 aliphatic heterocycles. The molecule has 6 nitrogen and oxygen atoms in total. The lowest BCUT2D eigenvalue weighted by atomic mass is 10.1. The summed E-state index contributed by atoms with van der Waals surface area (Å²) in [4.78, 5) is 15.7. The van der Waals surface area contributed by atoms with Crippen molar-refractivity contribution in [2.75, 3.05) is 5.32 Å². The van der Waals surface area contributed by atoms with Gasteiger partial charge in [-0.25, -0.2) is 0 Å².